The van der Waals surface area contributed by atoms with Gasteiger partial charge in [0.1, 0.15) is 0 Å². The van der Waals surface area contributed by atoms with Crippen LogP contribution in [0.2, 0.25) is 10.0 Å². The van der Waals surface area contributed by atoms with Gasteiger partial charge in [-0.1, -0.05) is 35.8 Å². The molecule has 0 spiro atoms. The van der Waals surface area contributed by atoms with Crippen molar-refractivity contribution < 1.29 is 4.79 Å². The van der Waals surface area contributed by atoms with Gasteiger partial charge in [0, 0.05) is 33.8 Å². The van der Waals surface area contributed by atoms with E-state index in [0.717, 1.165) is 28.8 Å². The highest BCUT2D eigenvalue weighted by Crippen LogP contribution is 2.64. The minimum Gasteiger partial charge on any atom is -0.359 e. The fraction of sp³-hybridized carbons (Fsp3) is 0.250. The number of hydrogen-bond donors (Lipinski definition) is 1. The lowest BCUT2D eigenvalue weighted by Gasteiger charge is -2.11. The van der Waals surface area contributed by atoms with Crippen molar-refractivity contribution in [1.82, 2.24) is 0 Å². The molecule has 0 amide bonds. The molecule has 0 aliphatic heterocycles. The van der Waals surface area contributed by atoms with E-state index in [-0.39, 0.29) is 11.8 Å². The zero-order chi connectivity index (χ0) is 18.4. The number of alkyl halides is 1. The zero-order valence-corrected chi connectivity index (χ0v) is 16.2. The van der Waals surface area contributed by atoms with E-state index in [4.69, 9.17) is 34.8 Å². The van der Waals surface area contributed by atoms with Crippen molar-refractivity contribution in [3.63, 3.8) is 0 Å². The fourth-order valence-corrected chi connectivity index (χ4v) is 4.37. The molecule has 0 bridgehead atoms. The summed E-state index contributed by atoms with van der Waals surface area (Å²) in [7, 11) is 0. The third-order valence-corrected chi connectivity index (χ3v) is 5.70. The number of aryl methyl sites for hydroxylation is 1. The maximum atomic E-state index is 11.0. The van der Waals surface area contributed by atoms with Gasteiger partial charge in [0.2, 0.25) is 0 Å². The van der Waals surface area contributed by atoms with Crippen LogP contribution in [0, 0.1) is 12.8 Å². The lowest BCUT2D eigenvalue weighted by atomic mass is 10.0. The van der Waals surface area contributed by atoms with Crippen LogP contribution >= 0.6 is 34.8 Å². The first kappa shape index (κ1) is 18.3. The first-order chi connectivity index (χ1) is 11.7. The van der Waals surface area contributed by atoms with Gasteiger partial charge in [-0.25, -0.2) is 0 Å². The summed E-state index contributed by atoms with van der Waals surface area (Å²) in [4.78, 5) is 10.6. The van der Waals surface area contributed by atoms with Crippen LogP contribution in [-0.4, -0.2) is 11.2 Å². The topological polar surface area (TPSA) is 29.1 Å². The highest BCUT2D eigenvalue weighted by Gasteiger charge is 2.62. The molecule has 0 radical (unpaired) electrons. The van der Waals surface area contributed by atoms with E-state index in [1.54, 1.807) is 12.1 Å². The standard InChI is InChI=1S/C20H18Cl3NO/c1-11-6-13(8-15(21)7-11)19-18(20(19,3)23)12(2)24-16-4-5-17(22)14(9-16)10-25/h4-10,18-19,24H,2H2,1,3H3. The van der Waals surface area contributed by atoms with E-state index in [0.29, 0.717) is 15.6 Å². The van der Waals surface area contributed by atoms with Gasteiger partial charge in [0.25, 0.3) is 0 Å². The highest BCUT2D eigenvalue weighted by molar-refractivity contribution is 6.33. The number of carbonyl (C=O) groups is 1. The molecule has 1 saturated carbocycles. The van der Waals surface area contributed by atoms with Gasteiger partial charge in [0.15, 0.2) is 6.29 Å². The van der Waals surface area contributed by atoms with Crippen molar-refractivity contribution >= 4 is 46.8 Å². The molecule has 0 aromatic heterocycles. The summed E-state index contributed by atoms with van der Waals surface area (Å²) >= 11 is 18.9. The minimum absolute atomic E-state index is 0.0578. The number of carbonyl (C=O) groups excluding carboxylic acids is 1. The molecule has 2 aromatic carbocycles. The number of halogens is 3. The minimum atomic E-state index is -0.429. The average Bonchev–Trinajstić information content (AvgIpc) is 3.11. The van der Waals surface area contributed by atoms with Crippen LogP contribution in [-0.2, 0) is 0 Å². The summed E-state index contributed by atoms with van der Waals surface area (Å²) in [6.45, 7) is 8.18. The van der Waals surface area contributed by atoms with Crippen LogP contribution in [0.5, 0.6) is 0 Å². The molecule has 3 atom stereocenters. The van der Waals surface area contributed by atoms with Crippen molar-refractivity contribution in [3.05, 3.63) is 75.4 Å². The van der Waals surface area contributed by atoms with Crippen LogP contribution in [0.4, 0.5) is 5.69 Å². The number of rotatable bonds is 5. The molecule has 5 heteroatoms. The molecule has 1 aliphatic carbocycles. The molecule has 2 nitrogen and oxygen atoms in total. The van der Waals surface area contributed by atoms with Crippen LogP contribution in [0.15, 0.2) is 48.7 Å². The molecule has 0 saturated heterocycles. The molecule has 0 heterocycles. The van der Waals surface area contributed by atoms with Gasteiger partial charge in [-0.15, -0.1) is 11.6 Å². The number of nitrogens with one attached hydrogen (secondary N) is 1. The summed E-state index contributed by atoms with van der Waals surface area (Å²) in [5.41, 5.74) is 4.22. The molecular weight excluding hydrogens is 377 g/mol. The quantitative estimate of drug-likeness (QED) is 0.466. The van der Waals surface area contributed by atoms with Crippen LogP contribution in [0.3, 0.4) is 0 Å². The van der Waals surface area contributed by atoms with E-state index in [2.05, 4.69) is 18.0 Å². The second-order valence-corrected chi connectivity index (χ2v) is 8.33. The third-order valence-electron chi connectivity index (χ3n) is 4.67. The first-order valence-electron chi connectivity index (χ1n) is 7.90. The Hall–Kier alpha value is -1.48. The second kappa shape index (κ2) is 6.68. The molecule has 1 fully saturated rings. The van der Waals surface area contributed by atoms with E-state index < -0.39 is 4.87 Å². The van der Waals surface area contributed by atoms with Crippen molar-refractivity contribution in [1.29, 1.82) is 0 Å². The van der Waals surface area contributed by atoms with E-state index in [1.165, 1.54) is 0 Å². The van der Waals surface area contributed by atoms with Gasteiger partial charge >= 0.3 is 0 Å². The molecule has 3 unspecified atom stereocenters. The van der Waals surface area contributed by atoms with Crippen molar-refractivity contribution in [2.24, 2.45) is 5.92 Å². The number of anilines is 1. The predicted octanol–water partition coefficient (Wildman–Crippen LogP) is 6.45. The second-order valence-electron chi connectivity index (χ2n) is 6.67. The smallest absolute Gasteiger partial charge is 0.151 e. The average molecular weight is 395 g/mol. The summed E-state index contributed by atoms with van der Waals surface area (Å²) in [6, 6.07) is 11.2. The summed E-state index contributed by atoms with van der Waals surface area (Å²) < 4.78 is 0. The Bertz CT molecular complexity index is 840. The Morgan fingerprint density at radius 2 is 1.96 bits per heavy atom. The molecule has 1 N–H and O–H groups in total. The van der Waals surface area contributed by atoms with Gasteiger partial charge in [-0.3, -0.25) is 4.79 Å². The Morgan fingerprint density at radius 1 is 1.24 bits per heavy atom. The Balaban J connectivity index is 1.82. The maximum absolute atomic E-state index is 11.0. The molecule has 130 valence electrons. The number of aldehydes is 1. The van der Waals surface area contributed by atoms with Crippen molar-refractivity contribution in [2.75, 3.05) is 5.32 Å². The molecule has 2 aromatic rings. The van der Waals surface area contributed by atoms with Gasteiger partial charge in [-0.05, 0) is 55.3 Å². The molecule has 3 rings (SSSR count). The van der Waals surface area contributed by atoms with Crippen LogP contribution in [0.1, 0.15) is 34.3 Å². The van der Waals surface area contributed by atoms with Crippen LogP contribution < -0.4 is 5.32 Å². The van der Waals surface area contributed by atoms with Gasteiger partial charge in [0.05, 0.1) is 9.90 Å². The molecule has 1 aliphatic rings. The predicted molar refractivity (Wildman–Crippen MR) is 106 cm³/mol. The Kier molecular flexibility index (Phi) is 4.89. The monoisotopic (exact) mass is 393 g/mol. The van der Waals surface area contributed by atoms with Crippen LogP contribution in [0.25, 0.3) is 0 Å². The Morgan fingerprint density at radius 3 is 2.60 bits per heavy atom. The van der Waals surface area contributed by atoms with Gasteiger partial charge < -0.3 is 5.32 Å². The Labute approximate surface area is 162 Å². The maximum Gasteiger partial charge on any atom is 0.151 e. The zero-order valence-electron chi connectivity index (χ0n) is 13.9. The highest BCUT2D eigenvalue weighted by atomic mass is 35.5. The summed E-state index contributed by atoms with van der Waals surface area (Å²) in [6.07, 6.45) is 0.733. The third kappa shape index (κ3) is 3.57. The summed E-state index contributed by atoms with van der Waals surface area (Å²) in [5.74, 6) is 0.187. The number of benzene rings is 2. The largest absolute Gasteiger partial charge is 0.359 e. The number of allylic oxidation sites excluding steroid dienone is 1. The number of hydrogen-bond acceptors (Lipinski definition) is 2. The van der Waals surface area contributed by atoms with Crippen molar-refractivity contribution in [3.8, 4) is 0 Å². The normalized spacial score (nSPS) is 24.7. The fourth-order valence-electron chi connectivity index (χ4n) is 3.46. The lowest BCUT2D eigenvalue weighted by molar-refractivity contribution is 0.112. The molecule has 25 heavy (non-hydrogen) atoms. The van der Waals surface area contributed by atoms with E-state index >= 15 is 0 Å². The first-order valence-corrected chi connectivity index (χ1v) is 9.04. The molecular formula is C20H18Cl3NO. The van der Waals surface area contributed by atoms with E-state index in [1.807, 2.05) is 32.0 Å². The summed E-state index contributed by atoms with van der Waals surface area (Å²) in [5, 5.41) is 4.39. The SMILES string of the molecule is C=C(Nc1ccc(Cl)c(C=O)c1)C1C(c2cc(C)cc(Cl)c2)C1(C)Cl. The van der Waals surface area contributed by atoms with E-state index in [9.17, 15) is 4.79 Å². The van der Waals surface area contributed by atoms with Crippen molar-refractivity contribution in [2.45, 2.75) is 24.6 Å². The van der Waals surface area contributed by atoms with Gasteiger partial charge in [-0.2, -0.15) is 0 Å². The lowest BCUT2D eigenvalue weighted by Crippen LogP contribution is -2.05.